The summed E-state index contributed by atoms with van der Waals surface area (Å²) in [4.78, 5) is 15.8. The molecule has 2 aromatic rings. The molecular formula is C12H13ClN4O. The van der Waals surface area contributed by atoms with Crippen LogP contribution in [-0.2, 0) is 0 Å². The lowest BCUT2D eigenvalue weighted by molar-refractivity contribution is 0.102. The van der Waals surface area contributed by atoms with Gasteiger partial charge in [0.25, 0.3) is 5.91 Å². The van der Waals surface area contributed by atoms with Crippen LogP contribution >= 0.6 is 11.6 Å². The van der Waals surface area contributed by atoms with Crippen molar-refractivity contribution < 1.29 is 4.79 Å². The minimum atomic E-state index is -0.282. The Kier molecular flexibility index (Phi) is 3.62. The van der Waals surface area contributed by atoms with E-state index >= 15 is 0 Å². The van der Waals surface area contributed by atoms with Crippen LogP contribution < -0.4 is 5.32 Å². The first-order valence-corrected chi connectivity index (χ1v) is 5.91. The molecule has 2 rings (SSSR count). The van der Waals surface area contributed by atoms with Crippen molar-refractivity contribution in [3.63, 3.8) is 0 Å². The van der Waals surface area contributed by atoms with E-state index < -0.39 is 0 Å². The molecule has 0 atom stereocenters. The van der Waals surface area contributed by atoms with Crippen molar-refractivity contribution in [1.29, 1.82) is 0 Å². The quantitative estimate of drug-likeness (QED) is 0.927. The van der Waals surface area contributed by atoms with Crippen molar-refractivity contribution in [2.24, 2.45) is 0 Å². The van der Waals surface area contributed by atoms with E-state index in [-0.39, 0.29) is 11.9 Å². The van der Waals surface area contributed by atoms with E-state index in [2.05, 4.69) is 15.4 Å². The van der Waals surface area contributed by atoms with Crippen LogP contribution in [0.3, 0.4) is 0 Å². The Morgan fingerprint density at radius 2 is 2.17 bits per heavy atom. The summed E-state index contributed by atoms with van der Waals surface area (Å²) >= 11 is 5.71. The van der Waals surface area contributed by atoms with Gasteiger partial charge < -0.3 is 5.32 Å². The Morgan fingerprint density at radius 1 is 1.39 bits per heavy atom. The number of aromatic nitrogens is 3. The van der Waals surface area contributed by atoms with Crippen molar-refractivity contribution >= 4 is 23.2 Å². The van der Waals surface area contributed by atoms with Crippen LogP contribution in [-0.4, -0.2) is 20.7 Å². The summed E-state index contributed by atoms with van der Waals surface area (Å²) in [5, 5.41) is 7.36. The maximum Gasteiger partial charge on any atom is 0.274 e. The molecule has 5 nitrogen and oxygen atoms in total. The zero-order valence-electron chi connectivity index (χ0n) is 10.1. The number of rotatable bonds is 3. The van der Waals surface area contributed by atoms with Crippen molar-refractivity contribution in [2.45, 2.75) is 19.9 Å². The monoisotopic (exact) mass is 264 g/mol. The molecular weight excluding hydrogens is 252 g/mol. The molecule has 1 N–H and O–H groups in total. The third-order valence-electron chi connectivity index (χ3n) is 2.35. The fraction of sp³-hybridized carbons (Fsp3) is 0.250. The zero-order chi connectivity index (χ0) is 13.1. The maximum absolute atomic E-state index is 11.9. The fourth-order valence-electron chi connectivity index (χ4n) is 1.39. The topological polar surface area (TPSA) is 59.8 Å². The van der Waals surface area contributed by atoms with Gasteiger partial charge in [-0.15, -0.1) is 0 Å². The molecule has 94 valence electrons. The highest BCUT2D eigenvalue weighted by Crippen LogP contribution is 2.12. The minimum absolute atomic E-state index is 0.254. The SMILES string of the molecule is CC(C)n1cc(NC(=O)c2ccc(Cl)cn2)cn1. The van der Waals surface area contributed by atoms with E-state index in [1.54, 1.807) is 29.2 Å². The second-order valence-electron chi connectivity index (χ2n) is 4.12. The average molecular weight is 265 g/mol. The molecule has 2 aromatic heterocycles. The number of carbonyl (C=O) groups excluding carboxylic acids is 1. The Morgan fingerprint density at radius 3 is 2.72 bits per heavy atom. The average Bonchev–Trinajstić information content (AvgIpc) is 2.78. The van der Waals surface area contributed by atoms with Crippen LogP contribution in [0.25, 0.3) is 0 Å². The molecule has 0 radical (unpaired) electrons. The van der Waals surface area contributed by atoms with E-state index in [1.807, 2.05) is 13.8 Å². The predicted molar refractivity (Wildman–Crippen MR) is 69.8 cm³/mol. The van der Waals surface area contributed by atoms with Gasteiger partial charge in [0.1, 0.15) is 5.69 Å². The Bertz CT molecular complexity index is 547. The van der Waals surface area contributed by atoms with E-state index in [4.69, 9.17) is 11.6 Å². The van der Waals surface area contributed by atoms with Crippen LogP contribution in [0.4, 0.5) is 5.69 Å². The molecule has 18 heavy (non-hydrogen) atoms. The highest BCUT2D eigenvalue weighted by molar-refractivity contribution is 6.30. The molecule has 1 amide bonds. The van der Waals surface area contributed by atoms with Gasteiger partial charge in [-0.2, -0.15) is 5.10 Å². The second kappa shape index (κ2) is 5.18. The summed E-state index contributed by atoms with van der Waals surface area (Å²) in [7, 11) is 0. The van der Waals surface area contributed by atoms with Gasteiger partial charge in [0, 0.05) is 18.4 Å². The number of pyridine rings is 1. The Labute approximate surface area is 110 Å². The Balaban J connectivity index is 2.08. The van der Waals surface area contributed by atoms with Crippen molar-refractivity contribution in [3.8, 4) is 0 Å². The van der Waals surface area contributed by atoms with Crippen LogP contribution in [0.15, 0.2) is 30.7 Å². The predicted octanol–water partition coefficient (Wildman–Crippen LogP) is 2.76. The number of carbonyl (C=O) groups is 1. The van der Waals surface area contributed by atoms with E-state index in [0.717, 1.165) is 0 Å². The fourth-order valence-corrected chi connectivity index (χ4v) is 1.50. The molecule has 0 saturated carbocycles. The molecule has 0 fully saturated rings. The lowest BCUT2D eigenvalue weighted by Crippen LogP contribution is -2.13. The van der Waals surface area contributed by atoms with E-state index in [1.165, 1.54) is 6.20 Å². The van der Waals surface area contributed by atoms with Gasteiger partial charge in [0.2, 0.25) is 0 Å². The van der Waals surface area contributed by atoms with Gasteiger partial charge in [-0.25, -0.2) is 4.98 Å². The lowest BCUT2D eigenvalue weighted by atomic mass is 10.3. The van der Waals surface area contributed by atoms with Gasteiger partial charge in [0.15, 0.2) is 0 Å². The number of anilines is 1. The molecule has 0 aliphatic heterocycles. The summed E-state index contributed by atoms with van der Waals surface area (Å²) in [6.07, 6.45) is 4.82. The van der Waals surface area contributed by atoms with Crippen LogP contribution in [0, 0.1) is 0 Å². The lowest BCUT2D eigenvalue weighted by Gasteiger charge is -2.04. The molecule has 6 heteroatoms. The first-order valence-electron chi connectivity index (χ1n) is 5.53. The second-order valence-corrected chi connectivity index (χ2v) is 4.55. The molecule has 0 aliphatic carbocycles. The van der Waals surface area contributed by atoms with Gasteiger partial charge in [0.05, 0.1) is 16.9 Å². The first kappa shape index (κ1) is 12.6. The molecule has 0 bridgehead atoms. The number of nitrogens with zero attached hydrogens (tertiary/aromatic N) is 3. The van der Waals surface area contributed by atoms with Crippen LogP contribution in [0.5, 0.6) is 0 Å². The maximum atomic E-state index is 11.9. The van der Waals surface area contributed by atoms with Crippen molar-refractivity contribution in [2.75, 3.05) is 5.32 Å². The molecule has 0 saturated heterocycles. The van der Waals surface area contributed by atoms with Crippen molar-refractivity contribution in [3.05, 3.63) is 41.4 Å². The first-order chi connectivity index (χ1) is 8.56. The number of hydrogen-bond acceptors (Lipinski definition) is 3. The third-order valence-corrected chi connectivity index (χ3v) is 2.57. The largest absolute Gasteiger partial charge is 0.318 e. The molecule has 0 unspecified atom stereocenters. The summed E-state index contributed by atoms with van der Waals surface area (Å²) in [6, 6.07) is 3.45. The summed E-state index contributed by atoms with van der Waals surface area (Å²) in [5.41, 5.74) is 0.960. The van der Waals surface area contributed by atoms with Crippen LogP contribution in [0.1, 0.15) is 30.4 Å². The highest BCUT2D eigenvalue weighted by atomic mass is 35.5. The summed E-state index contributed by atoms with van der Waals surface area (Å²) in [6.45, 7) is 4.03. The summed E-state index contributed by atoms with van der Waals surface area (Å²) in [5.74, 6) is -0.282. The molecule has 0 aromatic carbocycles. The summed E-state index contributed by atoms with van der Waals surface area (Å²) < 4.78 is 1.77. The third kappa shape index (κ3) is 2.87. The smallest absolute Gasteiger partial charge is 0.274 e. The number of nitrogens with one attached hydrogen (secondary N) is 1. The van der Waals surface area contributed by atoms with E-state index in [9.17, 15) is 4.79 Å². The van der Waals surface area contributed by atoms with Gasteiger partial charge in [-0.05, 0) is 26.0 Å². The minimum Gasteiger partial charge on any atom is -0.318 e. The number of hydrogen-bond donors (Lipinski definition) is 1. The van der Waals surface area contributed by atoms with Gasteiger partial charge >= 0.3 is 0 Å². The Hall–Kier alpha value is -1.88. The highest BCUT2D eigenvalue weighted by Gasteiger charge is 2.09. The molecule has 2 heterocycles. The normalized spacial score (nSPS) is 10.7. The number of amides is 1. The standard InChI is InChI=1S/C12H13ClN4O/c1-8(2)17-7-10(6-15-17)16-12(18)11-4-3-9(13)5-14-11/h3-8H,1-2H3,(H,16,18). The van der Waals surface area contributed by atoms with Gasteiger partial charge in [-0.3, -0.25) is 9.48 Å². The molecule has 0 aliphatic rings. The zero-order valence-corrected chi connectivity index (χ0v) is 10.8. The van der Waals surface area contributed by atoms with Crippen LogP contribution in [0.2, 0.25) is 5.02 Å². The number of halogens is 1. The molecule has 0 spiro atoms. The van der Waals surface area contributed by atoms with Gasteiger partial charge in [-0.1, -0.05) is 11.6 Å². The van der Waals surface area contributed by atoms with E-state index in [0.29, 0.717) is 16.4 Å². The van der Waals surface area contributed by atoms with Crippen molar-refractivity contribution in [1.82, 2.24) is 14.8 Å².